The highest BCUT2D eigenvalue weighted by atomic mass is 16.2. The quantitative estimate of drug-likeness (QED) is 0.891. The Balaban J connectivity index is 1.86. The van der Waals surface area contributed by atoms with E-state index in [9.17, 15) is 4.79 Å². The van der Waals surface area contributed by atoms with Gasteiger partial charge in [-0.3, -0.25) is 14.4 Å². The van der Waals surface area contributed by atoms with E-state index in [1.165, 1.54) is 5.56 Å². The average molecular weight is 300 g/mol. The maximum Gasteiger partial charge on any atom is 0.238 e. The summed E-state index contributed by atoms with van der Waals surface area (Å²) < 4.78 is 1.85. The van der Waals surface area contributed by atoms with Crippen LogP contribution in [-0.4, -0.2) is 34.2 Å². The van der Waals surface area contributed by atoms with Crippen molar-refractivity contribution in [3.05, 3.63) is 47.3 Å². The zero-order chi connectivity index (χ0) is 16.1. The van der Waals surface area contributed by atoms with Gasteiger partial charge in [-0.1, -0.05) is 19.1 Å². The number of nitrogens with one attached hydrogen (secondary N) is 1. The molecule has 1 amide bonds. The molecule has 0 fully saturated rings. The zero-order valence-electron chi connectivity index (χ0n) is 13.8. The van der Waals surface area contributed by atoms with Crippen LogP contribution in [-0.2, 0) is 24.8 Å². The van der Waals surface area contributed by atoms with Crippen molar-refractivity contribution in [2.75, 3.05) is 18.9 Å². The topological polar surface area (TPSA) is 50.2 Å². The number of anilines is 1. The van der Waals surface area contributed by atoms with Crippen molar-refractivity contribution < 1.29 is 4.79 Å². The molecule has 0 aliphatic rings. The monoisotopic (exact) mass is 300 g/mol. The predicted molar refractivity (Wildman–Crippen MR) is 88.7 cm³/mol. The van der Waals surface area contributed by atoms with Crippen molar-refractivity contribution in [1.82, 2.24) is 14.7 Å². The third-order valence-corrected chi connectivity index (χ3v) is 3.84. The van der Waals surface area contributed by atoms with Crippen molar-refractivity contribution >= 4 is 11.6 Å². The Hall–Kier alpha value is -2.14. The van der Waals surface area contributed by atoms with E-state index in [0.29, 0.717) is 13.1 Å². The van der Waals surface area contributed by atoms with Crippen LogP contribution in [0.2, 0.25) is 0 Å². The molecule has 2 rings (SSSR count). The van der Waals surface area contributed by atoms with Gasteiger partial charge in [0.1, 0.15) is 0 Å². The minimum atomic E-state index is -0.00621. The fourth-order valence-electron chi connectivity index (χ4n) is 2.32. The van der Waals surface area contributed by atoms with E-state index in [-0.39, 0.29) is 5.91 Å². The number of hydrogen-bond donors (Lipinski definition) is 1. The van der Waals surface area contributed by atoms with Crippen molar-refractivity contribution in [3.63, 3.8) is 0 Å². The largest absolute Gasteiger partial charge is 0.325 e. The van der Waals surface area contributed by atoms with Gasteiger partial charge in [-0.15, -0.1) is 0 Å². The highest BCUT2D eigenvalue weighted by molar-refractivity contribution is 5.92. The standard InChI is InChI=1S/C17H24N4O/c1-5-14-6-8-16(9-7-14)19-17(22)12-20(3)11-15-10-18-21(4)13(15)2/h6-10H,5,11-12H2,1-4H3,(H,19,22). The van der Waals surface area contributed by atoms with Gasteiger partial charge in [0.2, 0.25) is 5.91 Å². The molecule has 118 valence electrons. The first-order chi connectivity index (χ1) is 10.5. The summed E-state index contributed by atoms with van der Waals surface area (Å²) in [5, 5.41) is 7.15. The second-order valence-corrected chi connectivity index (χ2v) is 5.65. The Morgan fingerprint density at radius 1 is 1.32 bits per heavy atom. The van der Waals surface area contributed by atoms with Crippen LogP contribution in [0.1, 0.15) is 23.7 Å². The lowest BCUT2D eigenvalue weighted by Crippen LogP contribution is -2.30. The van der Waals surface area contributed by atoms with Crippen LogP contribution in [0.5, 0.6) is 0 Å². The first-order valence-electron chi connectivity index (χ1n) is 7.54. The molecule has 0 saturated heterocycles. The highest BCUT2D eigenvalue weighted by Gasteiger charge is 2.10. The fourth-order valence-corrected chi connectivity index (χ4v) is 2.32. The summed E-state index contributed by atoms with van der Waals surface area (Å²) in [6, 6.07) is 7.97. The molecule has 0 unspecified atom stereocenters. The molecular formula is C17H24N4O. The number of carbonyl (C=O) groups excluding carboxylic acids is 1. The van der Waals surface area contributed by atoms with Crippen LogP contribution in [0.4, 0.5) is 5.69 Å². The van der Waals surface area contributed by atoms with Gasteiger partial charge in [-0.25, -0.2) is 0 Å². The number of hydrogen-bond acceptors (Lipinski definition) is 3. The predicted octanol–water partition coefficient (Wildman–Crippen LogP) is 2.36. The molecule has 0 aliphatic heterocycles. The Morgan fingerprint density at radius 3 is 2.55 bits per heavy atom. The minimum Gasteiger partial charge on any atom is -0.325 e. The minimum absolute atomic E-state index is 0.00621. The molecule has 0 saturated carbocycles. The third kappa shape index (κ3) is 4.18. The van der Waals surface area contributed by atoms with Gasteiger partial charge in [-0.2, -0.15) is 5.10 Å². The Morgan fingerprint density at radius 2 is 2.00 bits per heavy atom. The van der Waals surface area contributed by atoms with Gasteiger partial charge in [0.25, 0.3) is 0 Å². The molecule has 0 atom stereocenters. The number of benzene rings is 1. The molecule has 0 bridgehead atoms. The Labute approximate surface area is 131 Å². The fraction of sp³-hybridized carbons (Fsp3) is 0.412. The summed E-state index contributed by atoms with van der Waals surface area (Å²) in [6.07, 6.45) is 2.86. The van der Waals surface area contributed by atoms with Crippen molar-refractivity contribution in [3.8, 4) is 0 Å². The van der Waals surface area contributed by atoms with Gasteiger partial charge < -0.3 is 5.32 Å². The first kappa shape index (κ1) is 16.2. The number of amides is 1. The molecule has 0 aliphatic carbocycles. The molecule has 1 N–H and O–H groups in total. The van der Waals surface area contributed by atoms with Crippen LogP contribution in [0.25, 0.3) is 0 Å². The maximum absolute atomic E-state index is 12.1. The maximum atomic E-state index is 12.1. The smallest absolute Gasteiger partial charge is 0.238 e. The molecule has 0 radical (unpaired) electrons. The highest BCUT2D eigenvalue weighted by Crippen LogP contribution is 2.11. The van der Waals surface area contributed by atoms with E-state index in [1.54, 1.807) is 0 Å². The summed E-state index contributed by atoms with van der Waals surface area (Å²) in [4.78, 5) is 14.1. The summed E-state index contributed by atoms with van der Waals surface area (Å²) in [7, 11) is 3.86. The van der Waals surface area contributed by atoms with E-state index in [4.69, 9.17) is 0 Å². The van der Waals surface area contributed by atoms with E-state index >= 15 is 0 Å². The Bertz CT molecular complexity index is 631. The van der Waals surface area contributed by atoms with Gasteiger partial charge in [0.05, 0.1) is 12.7 Å². The number of aromatic nitrogens is 2. The molecule has 2 aromatic rings. The molecule has 1 aromatic carbocycles. The van der Waals surface area contributed by atoms with Gasteiger partial charge in [-0.05, 0) is 38.1 Å². The molecular weight excluding hydrogens is 276 g/mol. The van der Waals surface area contributed by atoms with E-state index in [1.807, 2.05) is 61.1 Å². The average Bonchev–Trinajstić information content (AvgIpc) is 2.80. The number of carbonyl (C=O) groups is 1. The van der Waals surface area contributed by atoms with Crippen LogP contribution in [0.3, 0.4) is 0 Å². The number of aryl methyl sites for hydroxylation is 2. The molecule has 1 heterocycles. The van der Waals surface area contributed by atoms with Crippen LogP contribution in [0, 0.1) is 6.92 Å². The van der Waals surface area contributed by atoms with E-state index in [0.717, 1.165) is 23.4 Å². The van der Waals surface area contributed by atoms with Crippen molar-refractivity contribution in [2.45, 2.75) is 26.8 Å². The molecule has 5 nitrogen and oxygen atoms in total. The summed E-state index contributed by atoms with van der Waals surface area (Å²) in [5.74, 6) is -0.00621. The van der Waals surface area contributed by atoms with Crippen LogP contribution in [0.15, 0.2) is 30.5 Å². The van der Waals surface area contributed by atoms with E-state index in [2.05, 4.69) is 17.3 Å². The lowest BCUT2D eigenvalue weighted by molar-refractivity contribution is -0.117. The zero-order valence-corrected chi connectivity index (χ0v) is 13.8. The number of nitrogens with zero attached hydrogens (tertiary/aromatic N) is 3. The molecule has 0 spiro atoms. The van der Waals surface area contributed by atoms with Crippen molar-refractivity contribution in [2.24, 2.45) is 7.05 Å². The molecule has 1 aromatic heterocycles. The Kier molecular flexibility index (Phi) is 5.33. The van der Waals surface area contributed by atoms with Crippen molar-refractivity contribution in [1.29, 1.82) is 0 Å². The summed E-state index contributed by atoms with van der Waals surface area (Å²) in [5.41, 5.74) is 4.38. The first-order valence-corrected chi connectivity index (χ1v) is 7.54. The normalized spacial score (nSPS) is 11.0. The summed E-state index contributed by atoms with van der Waals surface area (Å²) >= 11 is 0. The van der Waals surface area contributed by atoms with Crippen LogP contribution < -0.4 is 5.32 Å². The van der Waals surface area contributed by atoms with Crippen LogP contribution >= 0.6 is 0 Å². The number of rotatable bonds is 6. The van der Waals surface area contributed by atoms with Gasteiger partial charge >= 0.3 is 0 Å². The van der Waals surface area contributed by atoms with E-state index < -0.39 is 0 Å². The second-order valence-electron chi connectivity index (χ2n) is 5.65. The van der Waals surface area contributed by atoms with Gasteiger partial charge in [0.15, 0.2) is 0 Å². The van der Waals surface area contributed by atoms with Gasteiger partial charge in [0, 0.05) is 30.5 Å². The summed E-state index contributed by atoms with van der Waals surface area (Å²) in [6.45, 7) is 5.21. The number of likely N-dealkylation sites (N-methyl/N-ethyl adjacent to an activating group) is 1. The lowest BCUT2D eigenvalue weighted by Gasteiger charge is -2.16. The lowest BCUT2D eigenvalue weighted by atomic mass is 10.1. The SMILES string of the molecule is CCc1ccc(NC(=O)CN(C)Cc2cnn(C)c2C)cc1. The second kappa shape index (κ2) is 7.22. The molecule has 22 heavy (non-hydrogen) atoms. The molecule has 5 heteroatoms. The third-order valence-electron chi connectivity index (χ3n) is 3.84.